The second-order valence-electron chi connectivity index (χ2n) is 5.60. The van der Waals surface area contributed by atoms with Crippen molar-refractivity contribution in [3.63, 3.8) is 0 Å². The van der Waals surface area contributed by atoms with Crippen LogP contribution in [-0.4, -0.2) is 24.4 Å². The molecule has 0 aliphatic carbocycles. The van der Waals surface area contributed by atoms with Crippen LogP contribution in [0, 0.1) is 18.3 Å². The molecule has 3 heterocycles. The highest BCUT2D eigenvalue weighted by molar-refractivity contribution is 5.84. The molecule has 1 aromatic carbocycles. The quantitative estimate of drug-likeness (QED) is 0.613. The summed E-state index contributed by atoms with van der Waals surface area (Å²) in [6, 6.07) is 9.41. The summed E-state index contributed by atoms with van der Waals surface area (Å²) in [6.07, 6.45) is 1.80. The van der Waals surface area contributed by atoms with Gasteiger partial charge < -0.3 is 0 Å². The van der Waals surface area contributed by atoms with E-state index in [9.17, 15) is 10.1 Å². The standard InChI is InChI=1S/C17H14N6O/c1-3-22-15-5-4-11(6-12(15)9-19-22)14-7-16(24)23-17(20-14)13(8-18)10(2)21-23/h4-7,9,21H,3H2,1-2H3. The van der Waals surface area contributed by atoms with E-state index in [4.69, 9.17) is 0 Å². The van der Waals surface area contributed by atoms with Crippen molar-refractivity contribution in [1.82, 2.24) is 24.4 Å². The molecule has 1 N–H and O–H groups in total. The number of nitriles is 1. The zero-order chi connectivity index (χ0) is 16.8. The predicted octanol–water partition coefficient (Wildman–Crippen LogP) is 2.24. The summed E-state index contributed by atoms with van der Waals surface area (Å²) in [6.45, 7) is 4.58. The third-order valence-corrected chi connectivity index (χ3v) is 4.15. The minimum atomic E-state index is -0.246. The van der Waals surface area contributed by atoms with E-state index in [0.717, 1.165) is 23.0 Å². The minimum Gasteiger partial charge on any atom is -0.293 e. The zero-order valence-corrected chi connectivity index (χ0v) is 13.2. The van der Waals surface area contributed by atoms with Crippen LogP contribution in [0.25, 0.3) is 27.8 Å². The van der Waals surface area contributed by atoms with Crippen molar-refractivity contribution in [2.75, 3.05) is 0 Å². The Hall–Kier alpha value is -3.40. The summed E-state index contributed by atoms with van der Waals surface area (Å²) >= 11 is 0. The van der Waals surface area contributed by atoms with Gasteiger partial charge in [-0.2, -0.15) is 10.4 Å². The Labute approximate surface area is 136 Å². The number of aromatic amines is 1. The molecule has 24 heavy (non-hydrogen) atoms. The van der Waals surface area contributed by atoms with Gasteiger partial charge in [0.05, 0.1) is 23.1 Å². The highest BCUT2D eigenvalue weighted by atomic mass is 16.1. The normalized spacial score (nSPS) is 11.2. The number of aryl methyl sites for hydroxylation is 2. The number of nitrogens with zero attached hydrogens (tertiary/aromatic N) is 5. The summed E-state index contributed by atoms with van der Waals surface area (Å²) in [7, 11) is 0. The van der Waals surface area contributed by atoms with Crippen LogP contribution in [0.2, 0.25) is 0 Å². The number of fused-ring (bicyclic) bond motifs is 2. The van der Waals surface area contributed by atoms with Crippen molar-refractivity contribution in [3.05, 3.63) is 52.1 Å². The van der Waals surface area contributed by atoms with Crippen molar-refractivity contribution in [3.8, 4) is 17.3 Å². The maximum absolute atomic E-state index is 12.3. The largest absolute Gasteiger partial charge is 0.293 e. The van der Waals surface area contributed by atoms with Crippen LogP contribution in [0.3, 0.4) is 0 Å². The molecular weight excluding hydrogens is 304 g/mol. The first kappa shape index (κ1) is 14.2. The van der Waals surface area contributed by atoms with E-state index < -0.39 is 0 Å². The van der Waals surface area contributed by atoms with Gasteiger partial charge in [-0.15, -0.1) is 0 Å². The molecule has 0 aliphatic rings. The fourth-order valence-corrected chi connectivity index (χ4v) is 2.93. The van der Waals surface area contributed by atoms with E-state index in [-0.39, 0.29) is 5.56 Å². The molecule has 118 valence electrons. The Morgan fingerprint density at radius 2 is 2.17 bits per heavy atom. The van der Waals surface area contributed by atoms with Crippen LogP contribution >= 0.6 is 0 Å². The van der Waals surface area contributed by atoms with Gasteiger partial charge >= 0.3 is 0 Å². The van der Waals surface area contributed by atoms with Crippen LogP contribution < -0.4 is 5.56 Å². The lowest BCUT2D eigenvalue weighted by Gasteiger charge is -2.03. The first-order chi connectivity index (χ1) is 11.6. The van der Waals surface area contributed by atoms with Crippen molar-refractivity contribution < 1.29 is 0 Å². The molecule has 0 saturated carbocycles. The molecule has 0 aliphatic heterocycles. The van der Waals surface area contributed by atoms with Crippen LogP contribution in [0.15, 0.2) is 35.3 Å². The summed E-state index contributed by atoms with van der Waals surface area (Å²) in [4.78, 5) is 16.8. The molecule has 4 rings (SSSR count). The van der Waals surface area contributed by atoms with Crippen molar-refractivity contribution in [1.29, 1.82) is 5.26 Å². The lowest BCUT2D eigenvalue weighted by Crippen LogP contribution is -2.14. The number of nitrogens with one attached hydrogen (secondary N) is 1. The molecule has 3 aromatic heterocycles. The Balaban J connectivity index is 1.96. The number of hydrogen-bond donors (Lipinski definition) is 1. The van der Waals surface area contributed by atoms with Gasteiger partial charge in [0.15, 0.2) is 5.65 Å². The van der Waals surface area contributed by atoms with Gasteiger partial charge in [-0.25, -0.2) is 9.50 Å². The fourth-order valence-electron chi connectivity index (χ4n) is 2.93. The lowest BCUT2D eigenvalue weighted by atomic mass is 10.1. The Morgan fingerprint density at radius 1 is 1.33 bits per heavy atom. The molecular formula is C17H14N6O. The van der Waals surface area contributed by atoms with Gasteiger partial charge in [-0.1, -0.05) is 6.07 Å². The molecule has 0 fully saturated rings. The van der Waals surface area contributed by atoms with Gasteiger partial charge in [0.25, 0.3) is 5.56 Å². The number of rotatable bonds is 2. The van der Waals surface area contributed by atoms with E-state index >= 15 is 0 Å². The highest BCUT2D eigenvalue weighted by Gasteiger charge is 2.13. The van der Waals surface area contributed by atoms with E-state index in [1.807, 2.05) is 29.8 Å². The fraction of sp³-hybridized carbons (Fsp3) is 0.176. The number of benzene rings is 1. The van der Waals surface area contributed by atoms with Crippen LogP contribution in [0.4, 0.5) is 0 Å². The van der Waals surface area contributed by atoms with E-state index in [1.165, 1.54) is 10.6 Å². The SMILES string of the molecule is CCn1ncc2cc(-c3cc(=O)n4[nH]c(C)c(C#N)c4n3)ccc21. The predicted molar refractivity (Wildman–Crippen MR) is 89.7 cm³/mol. The average Bonchev–Trinajstić information content (AvgIpc) is 3.14. The van der Waals surface area contributed by atoms with Crippen LogP contribution in [0.5, 0.6) is 0 Å². The summed E-state index contributed by atoms with van der Waals surface area (Å²) < 4.78 is 3.21. The Kier molecular flexibility index (Phi) is 3.00. The third-order valence-electron chi connectivity index (χ3n) is 4.15. The number of H-pyrrole nitrogens is 1. The highest BCUT2D eigenvalue weighted by Crippen LogP contribution is 2.23. The molecule has 0 saturated heterocycles. The smallest absolute Gasteiger partial charge is 0.273 e. The summed E-state index contributed by atoms with van der Waals surface area (Å²) in [5, 5.41) is 17.5. The minimum absolute atomic E-state index is 0.246. The monoisotopic (exact) mass is 318 g/mol. The molecule has 0 atom stereocenters. The van der Waals surface area contributed by atoms with Crippen LogP contribution in [0.1, 0.15) is 18.2 Å². The van der Waals surface area contributed by atoms with E-state index in [1.54, 1.807) is 13.1 Å². The van der Waals surface area contributed by atoms with Gasteiger partial charge in [0.2, 0.25) is 0 Å². The van der Waals surface area contributed by atoms with Crippen LogP contribution in [-0.2, 0) is 6.54 Å². The second-order valence-corrected chi connectivity index (χ2v) is 5.60. The molecule has 0 spiro atoms. The molecule has 4 aromatic rings. The number of aromatic nitrogens is 5. The third kappa shape index (κ3) is 1.93. The molecule has 0 bridgehead atoms. The van der Waals surface area contributed by atoms with Gasteiger partial charge in [-0.05, 0) is 26.0 Å². The maximum Gasteiger partial charge on any atom is 0.273 e. The zero-order valence-electron chi connectivity index (χ0n) is 13.2. The average molecular weight is 318 g/mol. The second kappa shape index (κ2) is 5.06. The molecule has 0 amide bonds. The topological polar surface area (TPSA) is 91.8 Å². The Morgan fingerprint density at radius 3 is 2.92 bits per heavy atom. The van der Waals surface area contributed by atoms with Gasteiger partial charge in [0, 0.05) is 23.6 Å². The van der Waals surface area contributed by atoms with Gasteiger partial charge in [-0.3, -0.25) is 14.6 Å². The maximum atomic E-state index is 12.3. The molecule has 7 nitrogen and oxygen atoms in total. The summed E-state index contributed by atoms with van der Waals surface area (Å²) in [5.74, 6) is 0. The van der Waals surface area contributed by atoms with Crippen molar-refractivity contribution in [2.24, 2.45) is 0 Å². The molecule has 0 unspecified atom stereocenters. The lowest BCUT2D eigenvalue weighted by molar-refractivity contribution is 0.684. The Bertz CT molecular complexity index is 1190. The first-order valence-corrected chi connectivity index (χ1v) is 7.60. The van der Waals surface area contributed by atoms with Crippen molar-refractivity contribution >= 4 is 16.6 Å². The van der Waals surface area contributed by atoms with Gasteiger partial charge in [0.1, 0.15) is 11.6 Å². The van der Waals surface area contributed by atoms with Crippen molar-refractivity contribution in [2.45, 2.75) is 20.4 Å². The molecule has 0 radical (unpaired) electrons. The molecule has 7 heteroatoms. The first-order valence-electron chi connectivity index (χ1n) is 7.60. The number of hydrogen-bond acceptors (Lipinski definition) is 4. The summed E-state index contributed by atoms with van der Waals surface area (Å²) in [5.41, 5.74) is 3.51. The van der Waals surface area contributed by atoms with E-state index in [2.05, 4.69) is 21.3 Å². The van der Waals surface area contributed by atoms with E-state index in [0.29, 0.717) is 22.6 Å².